The van der Waals surface area contributed by atoms with Crippen molar-refractivity contribution in [2.45, 2.75) is 45.3 Å². The molecule has 1 saturated heterocycles. The summed E-state index contributed by atoms with van der Waals surface area (Å²) in [6.07, 6.45) is 3.79. The fraction of sp³-hybridized carbons (Fsp3) is 0.391. The maximum atomic E-state index is 12.2. The lowest BCUT2D eigenvalue weighted by molar-refractivity contribution is -0.120. The van der Waals surface area contributed by atoms with Crippen LogP contribution in [0.15, 0.2) is 48.5 Å². The van der Waals surface area contributed by atoms with Gasteiger partial charge in [-0.3, -0.25) is 14.5 Å². The summed E-state index contributed by atoms with van der Waals surface area (Å²) in [6.45, 7) is 4.66. The molecule has 2 N–H and O–H groups in total. The molecule has 2 amide bonds. The summed E-state index contributed by atoms with van der Waals surface area (Å²) in [6, 6.07) is 15.6. The minimum atomic E-state index is -0.356. The smallest absolute Gasteiger partial charge is 0.253 e. The zero-order valence-electron chi connectivity index (χ0n) is 16.8. The van der Waals surface area contributed by atoms with Gasteiger partial charge >= 0.3 is 0 Å². The van der Waals surface area contributed by atoms with Crippen molar-refractivity contribution in [3.05, 3.63) is 70.2 Å². The first-order valence-corrected chi connectivity index (χ1v) is 10.5. The molecule has 0 radical (unpaired) electrons. The van der Waals surface area contributed by atoms with E-state index in [4.69, 9.17) is 11.6 Å². The fourth-order valence-electron chi connectivity index (χ4n) is 3.65. The average Bonchev–Trinajstić information content (AvgIpc) is 2.73. The van der Waals surface area contributed by atoms with Crippen LogP contribution in [0.4, 0.5) is 0 Å². The lowest BCUT2D eigenvalue weighted by atomic mass is 10.0. The lowest BCUT2D eigenvalue weighted by Crippen LogP contribution is -2.38. The van der Waals surface area contributed by atoms with Crippen LogP contribution < -0.4 is 10.6 Å². The van der Waals surface area contributed by atoms with Gasteiger partial charge in [-0.05, 0) is 49.6 Å². The molecule has 1 aliphatic rings. The molecule has 3 rings (SSSR count). The molecule has 1 atom stereocenters. The van der Waals surface area contributed by atoms with Crippen LogP contribution in [-0.4, -0.2) is 35.8 Å². The highest BCUT2D eigenvalue weighted by atomic mass is 35.5. The zero-order chi connectivity index (χ0) is 20.6. The molecular weight excluding hydrogens is 386 g/mol. The van der Waals surface area contributed by atoms with Gasteiger partial charge in [0.15, 0.2) is 0 Å². The van der Waals surface area contributed by atoms with Crippen LogP contribution in [-0.2, 0) is 17.9 Å². The summed E-state index contributed by atoms with van der Waals surface area (Å²) in [7, 11) is 0. The highest BCUT2D eigenvalue weighted by Gasteiger charge is 2.19. The summed E-state index contributed by atoms with van der Waals surface area (Å²) in [5, 5.41) is 5.89. The van der Waals surface area contributed by atoms with E-state index >= 15 is 0 Å². The minimum absolute atomic E-state index is 0.0879. The number of halogens is 1. The first kappa shape index (κ1) is 21.3. The van der Waals surface area contributed by atoms with E-state index in [1.54, 1.807) is 24.3 Å². The van der Waals surface area contributed by atoms with E-state index < -0.39 is 0 Å². The van der Waals surface area contributed by atoms with Gasteiger partial charge in [-0.1, -0.05) is 54.4 Å². The predicted molar refractivity (Wildman–Crippen MR) is 116 cm³/mol. The molecule has 154 valence electrons. The van der Waals surface area contributed by atoms with Gasteiger partial charge in [-0.15, -0.1) is 0 Å². The van der Waals surface area contributed by atoms with Gasteiger partial charge in [-0.2, -0.15) is 0 Å². The molecule has 0 saturated carbocycles. The summed E-state index contributed by atoms with van der Waals surface area (Å²) in [5.74, 6) is -0.586. The van der Waals surface area contributed by atoms with Crippen molar-refractivity contribution in [2.75, 3.05) is 13.1 Å². The third-order valence-electron chi connectivity index (χ3n) is 5.44. The molecule has 2 aromatic carbocycles. The maximum Gasteiger partial charge on any atom is 0.253 e. The maximum absolute atomic E-state index is 12.2. The SMILES string of the molecule is CC1CCCCN1Cc1ccccc1CNC(=O)CNC(=O)c1ccccc1Cl. The molecule has 1 unspecified atom stereocenters. The third-order valence-corrected chi connectivity index (χ3v) is 5.77. The Labute approximate surface area is 177 Å². The number of carbonyl (C=O) groups excluding carboxylic acids is 2. The second-order valence-electron chi connectivity index (χ2n) is 7.52. The average molecular weight is 414 g/mol. The number of amides is 2. The molecule has 0 aliphatic carbocycles. The molecule has 2 aromatic rings. The second kappa shape index (κ2) is 10.4. The van der Waals surface area contributed by atoms with Crippen LogP contribution >= 0.6 is 11.6 Å². The van der Waals surface area contributed by atoms with Crippen LogP contribution in [0.2, 0.25) is 5.02 Å². The number of hydrogen-bond donors (Lipinski definition) is 2. The number of hydrogen-bond acceptors (Lipinski definition) is 3. The number of nitrogens with one attached hydrogen (secondary N) is 2. The van der Waals surface area contributed by atoms with Crippen LogP contribution in [0, 0.1) is 0 Å². The Morgan fingerprint density at radius 2 is 1.76 bits per heavy atom. The summed E-state index contributed by atoms with van der Waals surface area (Å²) < 4.78 is 0. The van der Waals surface area contributed by atoms with Crippen molar-refractivity contribution >= 4 is 23.4 Å². The lowest BCUT2D eigenvalue weighted by Gasteiger charge is -2.33. The molecule has 1 heterocycles. The fourth-order valence-corrected chi connectivity index (χ4v) is 3.87. The molecule has 0 spiro atoms. The molecular formula is C23H28ClN3O2. The number of nitrogens with zero attached hydrogens (tertiary/aromatic N) is 1. The molecule has 0 aromatic heterocycles. The standard InChI is InChI=1S/C23H28ClN3O2/c1-17-8-6-7-13-27(17)16-19-10-3-2-9-18(19)14-25-22(28)15-26-23(29)20-11-4-5-12-21(20)24/h2-5,9-12,17H,6-8,13-16H2,1H3,(H,25,28)(H,26,29). The van der Waals surface area contributed by atoms with E-state index in [1.165, 1.54) is 24.8 Å². The van der Waals surface area contributed by atoms with Crippen LogP contribution in [0.3, 0.4) is 0 Å². The van der Waals surface area contributed by atoms with Gasteiger partial charge < -0.3 is 10.6 Å². The van der Waals surface area contributed by atoms with Crippen molar-refractivity contribution in [1.82, 2.24) is 15.5 Å². The Balaban J connectivity index is 1.51. The van der Waals surface area contributed by atoms with E-state index in [2.05, 4.69) is 28.5 Å². The molecule has 1 aliphatic heterocycles. The summed E-state index contributed by atoms with van der Waals surface area (Å²) in [4.78, 5) is 26.9. The van der Waals surface area contributed by atoms with E-state index in [0.717, 1.165) is 18.7 Å². The van der Waals surface area contributed by atoms with E-state index in [1.807, 2.05) is 18.2 Å². The first-order valence-electron chi connectivity index (χ1n) is 10.1. The highest BCUT2D eigenvalue weighted by molar-refractivity contribution is 6.33. The molecule has 6 heteroatoms. The van der Waals surface area contributed by atoms with Crippen molar-refractivity contribution in [3.8, 4) is 0 Å². The second-order valence-corrected chi connectivity index (χ2v) is 7.93. The van der Waals surface area contributed by atoms with Gasteiger partial charge in [0.25, 0.3) is 5.91 Å². The Morgan fingerprint density at radius 1 is 1.03 bits per heavy atom. The van der Waals surface area contributed by atoms with Gasteiger partial charge in [0.1, 0.15) is 0 Å². The van der Waals surface area contributed by atoms with Crippen molar-refractivity contribution < 1.29 is 9.59 Å². The summed E-state index contributed by atoms with van der Waals surface area (Å²) in [5.41, 5.74) is 2.71. The number of benzene rings is 2. The van der Waals surface area contributed by atoms with Gasteiger partial charge in [0, 0.05) is 19.1 Å². The van der Waals surface area contributed by atoms with Crippen LogP contribution in [0.25, 0.3) is 0 Å². The Morgan fingerprint density at radius 3 is 2.52 bits per heavy atom. The van der Waals surface area contributed by atoms with Crippen LogP contribution in [0.1, 0.15) is 47.7 Å². The first-order chi connectivity index (χ1) is 14.0. The quantitative estimate of drug-likeness (QED) is 0.726. The monoisotopic (exact) mass is 413 g/mol. The normalized spacial score (nSPS) is 17.0. The van der Waals surface area contributed by atoms with Gasteiger partial charge in [0.2, 0.25) is 5.91 Å². The topological polar surface area (TPSA) is 61.4 Å². The number of likely N-dealkylation sites (tertiary alicyclic amines) is 1. The highest BCUT2D eigenvalue weighted by Crippen LogP contribution is 2.20. The molecule has 1 fully saturated rings. The Kier molecular flexibility index (Phi) is 7.67. The molecule has 29 heavy (non-hydrogen) atoms. The van der Waals surface area contributed by atoms with Gasteiger partial charge in [-0.25, -0.2) is 0 Å². The largest absolute Gasteiger partial charge is 0.350 e. The van der Waals surface area contributed by atoms with Crippen LogP contribution in [0.5, 0.6) is 0 Å². The van der Waals surface area contributed by atoms with E-state index in [0.29, 0.717) is 23.2 Å². The third kappa shape index (κ3) is 6.05. The van der Waals surface area contributed by atoms with E-state index in [-0.39, 0.29) is 18.4 Å². The minimum Gasteiger partial charge on any atom is -0.350 e. The van der Waals surface area contributed by atoms with Crippen molar-refractivity contribution in [1.29, 1.82) is 0 Å². The van der Waals surface area contributed by atoms with Crippen molar-refractivity contribution in [2.24, 2.45) is 0 Å². The number of carbonyl (C=O) groups is 2. The molecule has 0 bridgehead atoms. The Bertz CT molecular complexity index is 856. The Hall–Kier alpha value is -2.37. The van der Waals surface area contributed by atoms with E-state index in [9.17, 15) is 9.59 Å². The predicted octanol–water partition coefficient (Wildman–Crippen LogP) is 3.76. The summed E-state index contributed by atoms with van der Waals surface area (Å²) >= 11 is 6.02. The molecule has 5 nitrogen and oxygen atoms in total. The van der Waals surface area contributed by atoms with Gasteiger partial charge in [0.05, 0.1) is 17.1 Å². The zero-order valence-corrected chi connectivity index (χ0v) is 17.5. The van der Waals surface area contributed by atoms with Crippen molar-refractivity contribution in [3.63, 3.8) is 0 Å². The number of rotatable bonds is 7. The number of piperidine rings is 1.